The van der Waals surface area contributed by atoms with Gasteiger partial charge in [-0.3, -0.25) is 14.9 Å². The summed E-state index contributed by atoms with van der Waals surface area (Å²) in [5.74, 6) is 0.876. The monoisotopic (exact) mass is 424 g/mol. The Hall–Kier alpha value is -3.62. The van der Waals surface area contributed by atoms with Crippen LogP contribution in [0.15, 0.2) is 36.5 Å². The zero-order chi connectivity index (χ0) is 22.0. The number of ether oxygens (including phenoxy) is 2. The minimum atomic E-state index is -0.870. The van der Waals surface area contributed by atoms with Gasteiger partial charge < -0.3 is 20.1 Å². The van der Waals surface area contributed by atoms with E-state index in [1.807, 2.05) is 25.1 Å². The fraction of sp³-hybridized carbons (Fsp3) is 0.364. The van der Waals surface area contributed by atoms with Crippen LogP contribution < -0.4 is 25.4 Å². The van der Waals surface area contributed by atoms with Crippen molar-refractivity contribution in [3.05, 3.63) is 42.1 Å². The number of methoxy groups -OCH3 is 1. The lowest BCUT2D eigenvalue weighted by atomic mass is 9.76. The molecular formula is C22H24N4O5. The minimum Gasteiger partial charge on any atom is -0.493 e. The van der Waals surface area contributed by atoms with E-state index >= 15 is 0 Å². The molecule has 1 saturated heterocycles. The van der Waals surface area contributed by atoms with Crippen molar-refractivity contribution >= 4 is 23.5 Å². The first kappa shape index (κ1) is 20.6. The average Bonchev–Trinajstić information content (AvgIpc) is 3.03. The number of carbonyl (C=O) groups excluding carboxylic acids is 3. The molecule has 2 fully saturated rings. The van der Waals surface area contributed by atoms with Crippen LogP contribution in [-0.2, 0) is 9.59 Å². The third kappa shape index (κ3) is 4.30. The standard InChI is InChI=1S/C22H24N4O5/c1-13-3-5-16(17(11-13)30-2)31-18-6-4-15(12-23-18)24-19(27)14-7-9-22(10-8-14)20(28)25-21(29)26-22/h3-6,11-12,14H,7-10H2,1-2H3,(H,24,27)(H2,25,26,28,29). The van der Waals surface area contributed by atoms with Gasteiger partial charge in [0, 0.05) is 12.0 Å². The third-order valence-corrected chi connectivity index (χ3v) is 5.76. The molecule has 9 nitrogen and oxygen atoms in total. The van der Waals surface area contributed by atoms with E-state index in [4.69, 9.17) is 9.47 Å². The molecule has 1 aliphatic heterocycles. The van der Waals surface area contributed by atoms with Gasteiger partial charge in [-0.1, -0.05) is 6.07 Å². The van der Waals surface area contributed by atoms with Crippen molar-refractivity contribution in [3.8, 4) is 17.4 Å². The lowest BCUT2D eigenvalue weighted by molar-refractivity contribution is -0.128. The Morgan fingerprint density at radius 3 is 2.55 bits per heavy atom. The molecule has 3 N–H and O–H groups in total. The molecule has 1 aromatic heterocycles. The molecule has 1 aromatic carbocycles. The summed E-state index contributed by atoms with van der Waals surface area (Å²) in [5.41, 5.74) is 0.742. The third-order valence-electron chi connectivity index (χ3n) is 5.76. The molecule has 0 bridgehead atoms. The number of aryl methyl sites for hydroxylation is 1. The van der Waals surface area contributed by atoms with Crippen molar-refractivity contribution in [2.75, 3.05) is 12.4 Å². The Balaban J connectivity index is 1.34. The SMILES string of the molecule is COc1cc(C)ccc1Oc1ccc(NC(=O)C2CCC3(CC2)NC(=O)NC3=O)cn1. The summed E-state index contributed by atoms with van der Waals surface area (Å²) in [7, 11) is 1.58. The summed E-state index contributed by atoms with van der Waals surface area (Å²) < 4.78 is 11.1. The Morgan fingerprint density at radius 2 is 1.94 bits per heavy atom. The number of nitrogens with one attached hydrogen (secondary N) is 3. The first-order valence-electron chi connectivity index (χ1n) is 10.1. The highest BCUT2D eigenvalue weighted by Crippen LogP contribution is 2.35. The quantitative estimate of drug-likeness (QED) is 0.635. The van der Waals surface area contributed by atoms with Gasteiger partial charge in [-0.2, -0.15) is 0 Å². The van der Waals surface area contributed by atoms with Gasteiger partial charge in [-0.15, -0.1) is 0 Å². The number of carbonyl (C=O) groups is 3. The maximum absolute atomic E-state index is 12.6. The summed E-state index contributed by atoms with van der Waals surface area (Å²) in [4.78, 5) is 40.3. The summed E-state index contributed by atoms with van der Waals surface area (Å²) >= 11 is 0. The fourth-order valence-corrected chi connectivity index (χ4v) is 3.98. The summed E-state index contributed by atoms with van der Waals surface area (Å²) in [6.45, 7) is 1.96. The van der Waals surface area contributed by atoms with Crippen LogP contribution in [0.25, 0.3) is 0 Å². The van der Waals surface area contributed by atoms with Crippen LogP contribution in [0.5, 0.6) is 17.4 Å². The van der Waals surface area contributed by atoms with Crippen LogP contribution >= 0.6 is 0 Å². The van der Waals surface area contributed by atoms with Crippen molar-refractivity contribution in [3.63, 3.8) is 0 Å². The van der Waals surface area contributed by atoms with Crippen molar-refractivity contribution in [2.24, 2.45) is 5.92 Å². The summed E-state index contributed by atoms with van der Waals surface area (Å²) in [5, 5.41) is 7.84. The van der Waals surface area contributed by atoms with E-state index in [0.717, 1.165) is 5.56 Å². The van der Waals surface area contributed by atoms with Gasteiger partial charge >= 0.3 is 6.03 Å². The van der Waals surface area contributed by atoms with Crippen LogP contribution in [0.2, 0.25) is 0 Å². The molecule has 2 heterocycles. The fourth-order valence-electron chi connectivity index (χ4n) is 3.98. The maximum Gasteiger partial charge on any atom is 0.322 e. The molecule has 1 saturated carbocycles. The van der Waals surface area contributed by atoms with E-state index in [1.54, 1.807) is 19.2 Å². The molecule has 1 aliphatic carbocycles. The van der Waals surface area contributed by atoms with Gasteiger partial charge in [-0.05, 0) is 56.4 Å². The van der Waals surface area contributed by atoms with E-state index in [2.05, 4.69) is 20.9 Å². The van der Waals surface area contributed by atoms with Crippen LogP contribution in [-0.4, -0.2) is 35.5 Å². The molecular weight excluding hydrogens is 400 g/mol. The predicted molar refractivity (Wildman–Crippen MR) is 112 cm³/mol. The second kappa shape index (κ2) is 8.25. The Labute approximate surface area is 179 Å². The van der Waals surface area contributed by atoms with E-state index in [1.165, 1.54) is 6.20 Å². The number of hydrogen-bond donors (Lipinski definition) is 3. The highest BCUT2D eigenvalue weighted by Gasteiger charge is 2.48. The zero-order valence-electron chi connectivity index (χ0n) is 17.4. The Kier molecular flexibility index (Phi) is 5.50. The second-order valence-electron chi connectivity index (χ2n) is 7.90. The normalized spacial score (nSPS) is 22.6. The molecule has 0 atom stereocenters. The van der Waals surface area contributed by atoms with Crippen molar-refractivity contribution in [2.45, 2.75) is 38.1 Å². The number of aromatic nitrogens is 1. The maximum atomic E-state index is 12.6. The highest BCUT2D eigenvalue weighted by atomic mass is 16.5. The van der Waals surface area contributed by atoms with Gasteiger partial charge in [0.2, 0.25) is 11.8 Å². The van der Waals surface area contributed by atoms with E-state index in [9.17, 15) is 14.4 Å². The number of benzene rings is 1. The molecule has 4 rings (SSSR count). The van der Waals surface area contributed by atoms with Crippen molar-refractivity contribution in [1.29, 1.82) is 0 Å². The zero-order valence-corrected chi connectivity index (χ0v) is 17.4. The Morgan fingerprint density at radius 1 is 1.16 bits per heavy atom. The van der Waals surface area contributed by atoms with Crippen molar-refractivity contribution in [1.82, 2.24) is 15.6 Å². The Bertz CT molecular complexity index is 1010. The minimum absolute atomic E-state index is 0.129. The predicted octanol–water partition coefficient (Wildman–Crippen LogP) is 2.90. The lowest BCUT2D eigenvalue weighted by Crippen LogP contribution is -2.50. The van der Waals surface area contributed by atoms with Gasteiger partial charge in [0.1, 0.15) is 5.54 Å². The highest BCUT2D eigenvalue weighted by molar-refractivity contribution is 6.07. The van der Waals surface area contributed by atoms with Gasteiger partial charge in [-0.25, -0.2) is 9.78 Å². The van der Waals surface area contributed by atoms with E-state index < -0.39 is 11.6 Å². The lowest BCUT2D eigenvalue weighted by Gasteiger charge is -2.33. The van der Waals surface area contributed by atoms with Crippen LogP contribution in [0.1, 0.15) is 31.2 Å². The molecule has 31 heavy (non-hydrogen) atoms. The molecule has 9 heteroatoms. The molecule has 162 valence electrons. The van der Waals surface area contributed by atoms with Gasteiger partial charge in [0.15, 0.2) is 11.5 Å². The number of nitrogens with zero attached hydrogens (tertiary/aromatic N) is 1. The number of rotatable bonds is 5. The smallest absolute Gasteiger partial charge is 0.322 e. The van der Waals surface area contributed by atoms with Crippen LogP contribution in [0, 0.1) is 12.8 Å². The van der Waals surface area contributed by atoms with Crippen LogP contribution in [0.3, 0.4) is 0 Å². The molecule has 0 unspecified atom stereocenters. The van der Waals surface area contributed by atoms with Gasteiger partial charge in [0.05, 0.1) is 19.0 Å². The number of pyridine rings is 1. The summed E-state index contributed by atoms with van der Waals surface area (Å²) in [6, 6.07) is 8.53. The molecule has 1 spiro atoms. The number of amides is 4. The topological polar surface area (TPSA) is 119 Å². The number of hydrogen-bond acceptors (Lipinski definition) is 6. The number of imide groups is 1. The number of urea groups is 1. The first-order chi connectivity index (χ1) is 14.9. The number of anilines is 1. The largest absolute Gasteiger partial charge is 0.493 e. The molecule has 2 aromatic rings. The average molecular weight is 424 g/mol. The first-order valence-corrected chi connectivity index (χ1v) is 10.1. The molecule has 4 amide bonds. The second-order valence-corrected chi connectivity index (χ2v) is 7.90. The van der Waals surface area contributed by atoms with Crippen molar-refractivity contribution < 1.29 is 23.9 Å². The molecule has 2 aliphatic rings. The summed E-state index contributed by atoms with van der Waals surface area (Å²) in [6.07, 6.45) is 3.43. The van der Waals surface area contributed by atoms with E-state index in [0.29, 0.717) is 48.7 Å². The van der Waals surface area contributed by atoms with Gasteiger partial charge in [0.25, 0.3) is 5.91 Å². The molecule has 0 radical (unpaired) electrons. The van der Waals surface area contributed by atoms with Crippen LogP contribution in [0.4, 0.5) is 10.5 Å². The van der Waals surface area contributed by atoms with E-state index in [-0.39, 0.29) is 17.7 Å².